The van der Waals surface area contributed by atoms with Crippen LogP contribution in [0.3, 0.4) is 0 Å². The molecule has 0 aromatic heterocycles. The molecule has 7 atom stereocenters. The Morgan fingerprint density at radius 1 is 1.00 bits per heavy atom. The number of nitrogens with one attached hydrogen (secondary N) is 2. The number of carbonyl (C=O) groups excluding carboxylic acids is 2. The van der Waals surface area contributed by atoms with Gasteiger partial charge in [0.25, 0.3) is 0 Å². The molecule has 1 aliphatic rings. The second-order valence-corrected chi connectivity index (χ2v) is 6.30. The summed E-state index contributed by atoms with van der Waals surface area (Å²) in [6.07, 6.45) is -10.9. The van der Waals surface area contributed by atoms with E-state index in [1.807, 2.05) is 0 Å². The van der Waals surface area contributed by atoms with Crippen LogP contribution < -0.4 is 10.6 Å². The molecular weight excluding hydrogens is 384 g/mol. The van der Waals surface area contributed by atoms with Gasteiger partial charge in [0.2, 0.25) is 11.8 Å². The Kier molecular flexibility index (Phi) is 9.68. The van der Waals surface area contributed by atoms with Gasteiger partial charge in [-0.15, -0.1) is 0 Å². The summed E-state index contributed by atoms with van der Waals surface area (Å²) in [7, 11) is 0. The van der Waals surface area contributed by atoms with Crippen LogP contribution in [-0.4, -0.2) is 110 Å². The molecule has 13 nitrogen and oxygen atoms in total. The van der Waals surface area contributed by atoms with E-state index in [2.05, 4.69) is 10.6 Å². The zero-order valence-corrected chi connectivity index (χ0v) is 14.8. The third kappa shape index (κ3) is 6.94. The Labute approximate surface area is 159 Å². The molecule has 0 aromatic carbocycles. The van der Waals surface area contributed by atoms with Crippen molar-refractivity contribution in [2.75, 3.05) is 13.2 Å². The fraction of sp³-hybridized carbons (Fsp3) is 0.800. The molecule has 0 radical (unpaired) electrons. The first-order valence-electron chi connectivity index (χ1n) is 8.54. The van der Waals surface area contributed by atoms with Gasteiger partial charge in [0.15, 0.2) is 6.29 Å². The first kappa shape index (κ1) is 24.2. The molecule has 13 heteroatoms. The Bertz CT molecular complexity index is 546. The molecule has 9 N–H and O–H groups in total. The molecule has 1 heterocycles. The summed E-state index contributed by atoms with van der Waals surface area (Å²) in [5.41, 5.74) is 0. The van der Waals surface area contributed by atoms with Gasteiger partial charge in [-0.1, -0.05) is 0 Å². The summed E-state index contributed by atoms with van der Waals surface area (Å²) in [6, 6.07) is -1.53. The van der Waals surface area contributed by atoms with Crippen LogP contribution in [0.25, 0.3) is 0 Å². The Balaban J connectivity index is 2.70. The van der Waals surface area contributed by atoms with Gasteiger partial charge in [-0.3, -0.25) is 14.4 Å². The second kappa shape index (κ2) is 11.2. The van der Waals surface area contributed by atoms with Crippen molar-refractivity contribution in [2.45, 2.75) is 62.1 Å². The zero-order valence-electron chi connectivity index (χ0n) is 14.8. The van der Waals surface area contributed by atoms with Crippen LogP contribution in [0.15, 0.2) is 0 Å². The Morgan fingerprint density at radius 2 is 1.64 bits per heavy atom. The van der Waals surface area contributed by atoms with Crippen LogP contribution in [0.1, 0.15) is 19.3 Å². The lowest BCUT2D eigenvalue weighted by molar-refractivity contribution is -0.280. The highest BCUT2D eigenvalue weighted by atomic mass is 16.6. The number of aliphatic carboxylic acids is 1. The summed E-state index contributed by atoms with van der Waals surface area (Å²) in [4.78, 5) is 34.6. The number of aliphatic hydroxyl groups is 6. The quantitative estimate of drug-likeness (QED) is 0.166. The minimum Gasteiger partial charge on any atom is -0.481 e. The van der Waals surface area contributed by atoms with Crippen LogP contribution in [0.4, 0.5) is 0 Å². The molecule has 1 unspecified atom stereocenters. The van der Waals surface area contributed by atoms with Crippen LogP contribution in [0.2, 0.25) is 0 Å². The van der Waals surface area contributed by atoms with Gasteiger partial charge in [0.1, 0.15) is 30.5 Å². The van der Waals surface area contributed by atoms with Gasteiger partial charge in [0.05, 0.1) is 12.5 Å². The van der Waals surface area contributed by atoms with Gasteiger partial charge in [-0.05, 0) is 6.42 Å². The van der Waals surface area contributed by atoms with Gasteiger partial charge in [-0.2, -0.15) is 0 Å². The number of carboxylic acid groups (broad SMARTS) is 1. The van der Waals surface area contributed by atoms with E-state index in [0.717, 1.165) is 0 Å². The molecule has 1 aliphatic heterocycles. The monoisotopic (exact) mass is 410 g/mol. The summed E-state index contributed by atoms with van der Waals surface area (Å²) in [5.74, 6) is -2.98. The fourth-order valence-electron chi connectivity index (χ4n) is 2.51. The van der Waals surface area contributed by atoms with E-state index in [9.17, 15) is 39.9 Å². The van der Waals surface area contributed by atoms with E-state index < -0.39 is 86.6 Å². The molecule has 1 saturated heterocycles. The Morgan fingerprint density at radius 3 is 2.21 bits per heavy atom. The molecule has 0 saturated carbocycles. The van der Waals surface area contributed by atoms with Gasteiger partial charge < -0.3 is 51.1 Å². The minimum atomic E-state index is -1.80. The SMILES string of the molecule is O=C(O)CCC(=O)N[C@H](C(=O)NC[C@@H]1O[C@@H](O)[C@@H](O)[C@H](O)[C@@H]1O)C(O)CCO. The summed E-state index contributed by atoms with van der Waals surface area (Å²) < 4.78 is 4.89. The highest BCUT2D eigenvalue weighted by molar-refractivity contribution is 5.89. The van der Waals surface area contributed by atoms with Crippen LogP contribution in [0, 0.1) is 0 Å². The largest absolute Gasteiger partial charge is 0.481 e. The topological polar surface area (TPSA) is 226 Å². The molecule has 0 aromatic rings. The number of amides is 2. The van der Waals surface area contributed by atoms with Gasteiger partial charge in [-0.25, -0.2) is 0 Å². The molecule has 2 amide bonds. The number of hydrogen-bond donors (Lipinski definition) is 9. The lowest BCUT2D eigenvalue weighted by Gasteiger charge is -2.38. The first-order chi connectivity index (χ1) is 13.1. The number of carboxylic acids is 1. The van der Waals surface area contributed by atoms with Crippen molar-refractivity contribution in [1.82, 2.24) is 10.6 Å². The predicted molar refractivity (Wildman–Crippen MR) is 88.4 cm³/mol. The van der Waals surface area contributed by atoms with Crippen molar-refractivity contribution in [1.29, 1.82) is 0 Å². The maximum atomic E-state index is 12.3. The average Bonchev–Trinajstić information content (AvgIpc) is 2.64. The molecule has 1 fully saturated rings. The first-order valence-corrected chi connectivity index (χ1v) is 8.54. The lowest BCUT2D eigenvalue weighted by Crippen LogP contribution is -2.61. The van der Waals surface area contributed by atoms with Crippen molar-refractivity contribution < 1.29 is 54.9 Å². The van der Waals surface area contributed by atoms with Gasteiger partial charge >= 0.3 is 5.97 Å². The molecule has 28 heavy (non-hydrogen) atoms. The van der Waals surface area contributed by atoms with E-state index in [4.69, 9.17) is 14.9 Å². The van der Waals surface area contributed by atoms with Gasteiger partial charge in [0, 0.05) is 19.6 Å². The van der Waals surface area contributed by atoms with Crippen molar-refractivity contribution in [3.63, 3.8) is 0 Å². The normalized spacial score (nSPS) is 29.6. The summed E-state index contributed by atoms with van der Waals surface area (Å²) in [5, 5.41) is 70.2. The minimum absolute atomic E-state index is 0.260. The number of hydrogen-bond acceptors (Lipinski definition) is 10. The smallest absolute Gasteiger partial charge is 0.303 e. The zero-order chi connectivity index (χ0) is 21.4. The standard InChI is InChI=1S/C15H26N2O11/c18-4-3-6(19)10(17-8(20)1-2-9(21)22)14(26)16-5-7-11(23)12(24)13(25)15(27)28-7/h6-7,10-13,15,18-19,23-25,27H,1-5H2,(H,16,26)(H,17,20)(H,21,22)/t6?,7-,10-,11+,12+,13-,15+/m0/s1. The average molecular weight is 410 g/mol. The molecular formula is C15H26N2O11. The highest BCUT2D eigenvalue weighted by Crippen LogP contribution is 2.19. The molecule has 0 bridgehead atoms. The highest BCUT2D eigenvalue weighted by Gasteiger charge is 2.43. The fourth-order valence-corrected chi connectivity index (χ4v) is 2.51. The molecule has 1 rings (SSSR count). The summed E-state index contributed by atoms with van der Waals surface area (Å²) >= 11 is 0. The van der Waals surface area contributed by atoms with Crippen LogP contribution in [-0.2, 0) is 19.1 Å². The van der Waals surface area contributed by atoms with E-state index in [-0.39, 0.29) is 6.42 Å². The molecule has 162 valence electrons. The number of ether oxygens (including phenoxy) is 1. The van der Waals surface area contributed by atoms with E-state index in [1.165, 1.54) is 0 Å². The Hall–Kier alpha value is -1.87. The second-order valence-electron chi connectivity index (χ2n) is 6.30. The molecule has 0 aliphatic carbocycles. The maximum absolute atomic E-state index is 12.3. The third-order valence-corrected chi connectivity index (χ3v) is 4.14. The third-order valence-electron chi connectivity index (χ3n) is 4.14. The number of rotatable bonds is 10. The maximum Gasteiger partial charge on any atom is 0.303 e. The van der Waals surface area contributed by atoms with E-state index >= 15 is 0 Å². The van der Waals surface area contributed by atoms with Crippen LogP contribution in [0.5, 0.6) is 0 Å². The predicted octanol–water partition coefficient (Wildman–Crippen LogP) is -5.00. The number of carbonyl (C=O) groups is 3. The summed E-state index contributed by atoms with van der Waals surface area (Å²) in [6.45, 7) is -0.940. The van der Waals surface area contributed by atoms with Crippen molar-refractivity contribution in [3.05, 3.63) is 0 Å². The van der Waals surface area contributed by atoms with Crippen molar-refractivity contribution >= 4 is 17.8 Å². The molecule has 0 spiro atoms. The van der Waals surface area contributed by atoms with E-state index in [0.29, 0.717) is 0 Å². The van der Waals surface area contributed by atoms with Crippen molar-refractivity contribution in [2.24, 2.45) is 0 Å². The lowest BCUT2D eigenvalue weighted by atomic mass is 9.98. The van der Waals surface area contributed by atoms with Crippen molar-refractivity contribution in [3.8, 4) is 0 Å². The van der Waals surface area contributed by atoms with Crippen LogP contribution >= 0.6 is 0 Å². The number of aliphatic hydroxyl groups excluding tert-OH is 6. The van der Waals surface area contributed by atoms with E-state index in [1.54, 1.807) is 0 Å².